The lowest BCUT2D eigenvalue weighted by atomic mass is 10.2. The van der Waals surface area contributed by atoms with Crippen molar-refractivity contribution in [3.63, 3.8) is 0 Å². The van der Waals surface area contributed by atoms with E-state index in [2.05, 4.69) is 5.32 Å². The van der Waals surface area contributed by atoms with Gasteiger partial charge in [-0.1, -0.05) is 41.4 Å². The highest BCUT2D eigenvalue weighted by Gasteiger charge is 2.11. The molecule has 1 aromatic carbocycles. The highest BCUT2D eigenvalue weighted by atomic mass is 35.5. The summed E-state index contributed by atoms with van der Waals surface area (Å²) in [6.45, 7) is 1.52. The number of thiophene rings is 1. The molecule has 2 aromatic rings. The molecular weight excluding hydrogens is 369 g/mol. The molecule has 0 spiro atoms. The summed E-state index contributed by atoms with van der Waals surface area (Å²) in [5.41, 5.74) is 0.594. The smallest absolute Gasteiger partial charge is 0.331 e. The van der Waals surface area contributed by atoms with Crippen LogP contribution >= 0.6 is 34.5 Å². The molecule has 126 valence electrons. The summed E-state index contributed by atoms with van der Waals surface area (Å²) >= 11 is 13.4. The monoisotopic (exact) mass is 383 g/mol. The fourth-order valence-electron chi connectivity index (χ4n) is 1.88. The van der Waals surface area contributed by atoms with Gasteiger partial charge in [-0.15, -0.1) is 11.3 Å². The fourth-order valence-corrected chi connectivity index (χ4v) is 2.99. The zero-order valence-electron chi connectivity index (χ0n) is 12.8. The van der Waals surface area contributed by atoms with Crippen LogP contribution in [0.4, 0.5) is 0 Å². The van der Waals surface area contributed by atoms with E-state index in [0.717, 1.165) is 4.88 Å². The van der Waals surface area contributed by atoms with Gasteiger partial charge in [0.05, 0.1) is 16.1 Å². The number of hydrogen-bond donors (Lipinski definition) is 1. The van der Waals surface area contributed by atoms with Crippen molar-refractivity contribution in [2.75, 3.05) is 6.61 Å². The van der Waals surface area contributed by atoms with Gasteiger partial charge in [0, 0.05) is 11.0 Å². The molecule has 0 fully saturated rings. The highest BCUT2D eigenvalue weighted by Crippen LogP contribution is 2.26. The molecule has 1 heterocycles. The van der Waals surface area contributed by atoms with Gasteiger partial charge in [0.1, 0.15) is 0 Å². The maximum atomic E-state index is 11.8. The first kappa shape index (κ1) is 18.5. The van der Waals surface area contributed by atoms with Crippen LogP contribution in [0.5, 0.6) is 0 Å². The number of rotatable bonds is 6. The molecule has 0 saturated heterocycles. The molecule has 4 nitrogen and oxygen atoms in total. The van der Waals surface area contributed by atoms with E-state index in [9.17, 15) is 9.59 Å². The molecule has 1 unspecified atom stereocenters. The Kier molecular flexibility index (Phi) is 6.85. The Balaban J connectivity index is 1.81. The molecular formula is C17H15Cl2NO3S. The number of halogens is 2. The van der Waals surface area contributed by atoms with Gasteiger partial charge in [-0.3, -0.25) is 4.79 Å². The van der Waals surface area contributed by atoms with Crippen LogP contribution in [0.25, 0.3) is 6.08 Å². The van der Waals surface area contributed by atoms with Gasteiger partial charge < -0.3 is 10.1 Å². The summed E-state index contributed by atoms with van der Waals surface area (Å²) in [7, 11) is 0. The fraction of sp³-hybridized carbons (Fsp3) is 0.176. The lowest BCUT2D eigenvalue weighted by Crippen LogP contribution is -2.30. The zero-order valence-corrected chi connectivity index (χ0v) is 15.1. The molecule has 0 bridgehead atoms. The number of carbonyl (C=O) groups is 2. The van der Waals surface area contributed by atoms with Crippen LogP contribution in [-0.2, 0) is 14.3 Å². The van der Waals surface area contributed by atoms with E-state index in [1.165, 1.54) is 12.2 Å². The molecule has 0 aliphatic heterocycles. The second kappa shape index (κ2) is 8.87. The second-order valence-electron chi connectivity index (χ2n) is 4.89. The van der Waals surface area contributed by atoms with Crippen molar-refractivity contribution in [2.45, 2.75) is 13.0 Å². The summed E-state index contributed by atoms with van der Waals surface area (Å²) in [6, 6.07) is 8.80. The molecule has 0 aliphatic carbocycles. The average molecular weight is 384 g/mol. The van der Waals surface area contributed by atoms with Crippen LogP contribution in [0.3, 0.4) is 0 Å². The summed E-state index contributed by atoms with van der Waals surface area (Å²) in [5.74, 6) is -0.997. The Bertz CT molecular complexity index is 744. The predicted octanol–water partition coefficient (Wildman–Crippen LogP) is 4.49. The van der Waals surface area contributed by atoms with Crippen LogP contribution in [0.2, 0.25) is 10.0 Å². The molecule has 24 heavy (non-hydrogen) atoms. The SMILES string of the molecule is CC(NC(=O)COC(=O)/C=C/c1cccc(Cl)c1Cl)c1cccs1. The lowest BCUT2D eigenvalue weighted by Gasteiger charge is -2.11. The standard InChI is InChI=1S/C17H15Cl2NO3S/c1-11(14-6-3-9-24-14)20-15(21)10-23-16(22)8-7-12-4-2-5-13(18)17(12)19/h2-9,11H,10H2,1H3,(H,20,21)/b8-7+. The molecule has 2 rings (SSSR count). The van der Waals surface area contributed by atoms with Crippen molar-refractivity contribution in [1.82, 2.24) is 5.32 Å². The average Bonchev–Trinajstić information content (AvgIpc) is 3.09. The Morgan fingerprint density at radius 2 is 2.08 bits per heavy atom. The maximum absolute atomic E-state index is 11.8. The summed E-state index contributed by atoms with van der Waals surface area (Å²) < 4.78 is 4.90. The number of nitrogens with one attached hydrogen (secondary N) is 1. The van der Waals surface area contributed by atoms with Crippen molar-refractivity contribution >= 4 is 52.5 Å². The summed E-state index contributed by atoms with van der Waals surface area (Å²) in [6.07, 6.45) is 2.69. The quantitative estimate of drug-likeness (QED) is 0.590. The Morgan fingerprint density at radius 3 is 2.79 bits per heavy atom. The maximum Gasteiger partial charge on any atom is 0.331 e. The molecule has 1 N–H and O–H groups in total. The lowest BCUT2D eigenvalue weighted by molar-refractivity contribution is -0.144. The molecule has 0 aliphatic rings. The van der Waals surface area contributed by atoms with E-state index >= 15 is 0 Å². The first-order valence-electron chi connectivity index (χ1n) is 7.09. The number of amides is 1. The molecule has 7 heteroatoms. The predicted molar refractivity (Wildman–Crippen MR) is 97.3 cm³/mol. The number of esters is 1. The number of ether oxygens (including phenoxy) is 1. The van der Waals surface area contributed by atoms with Gasteiger partial charge in [0.15, 0.2) is 6.61 Å². The minimum Gasteiger partial charge on any atom is -0.452 e. The van der Waals surface area contributed by atoms with E-state index in [4.69, 9.17) is 27.9 Å². The second-order valence-corrected chi connectivity index (χ2v) is 6.65. The molecule has 0 radical (unpaired) electrons. The summed E-state index contributed by atoms with van der Waals surface area (Å²) in [4.78, 5) is 24.5. The van der Waals surface area contributed by atoms with Crippen LogP contribution in [-0.4, -0.2) is 18.5 Å². The third-order valence-electron chi connectivity index (χ3n) is 3.07. The van der Waals surface area contributed by atoms with Gasteiger partial charge in [-0.05, 0) is 36.1 Å². The number of hydrogen-bond acceptors (Lipinski definition) is 4. The highest BCUT2D eigenvalue weighted by molar-refractivity contribution is 7.10. The first-order valence-corrected chi connectivity index (χ1v) is 8.72. The minimum absolute atomic E-state index is 0.128. The van der Waals surface area contributed by atoms with E-state index < -0.39 is 5.97 Å². The minimum atomic E-state index is -0.634. The molecule has 1 amide bonds. The summed E-state index contributed by atoms with van der Waals surface area (Å²) in [5, 5.41) is 5.44. The van der Waals surface area contributed by atoms with Gasteiger partial charge >= 0.3 is 5.97 Å². The van der Waals surface area contributed by atoms with Gasteiger partial charge in [-0.2, -0.15) is 0 Å². The van der Waals surface area contributed by atoms with Crippen molar-refractivity contribution in [1.29, 1.82) is 0 Å². The largest absolute Gasteiger partial charge is 0.452 e. The Morgan fingerprint density at radius 1 is 1.29 bits per heavy atom. The van der Waals surface area contributed by atoms with Crippen molar-refractivity contribution < 1.29 is 14.3 Å². The van der Waals surface area contributed by atoms with Crippen LogP contribution in [0, 0.1) is 0 Å². The Labute approximate surface area is 154 Å². The van der Waals surface area contributed by atoms with Crippen LogP contribution in [0.15, 0.2) is 41.8 Å². The van der Waals surface area contributed by atoms with Gasteiger partial charge in [0.25, 0.3) is 5.91 Å². The topological polar surface area (TPSA) is 55.4 Å². The normalized spacial score (nSPS) is 12.1. The number of carbonyl (C=O) groups excluding carboxylic acids is 2. The Hall–Kier alpha value is -1.82. The van der Waals surface area contributed by atoms with E-state index in [-0.39, 0.29) is 18.6 Å². The van der Waals surface area contributed by atoms with E-state index in [0.29, 0.717) is 15.6 Å². The van der Waals surface area contributed by atoms with Gasteiger partial charge in [-0.25, -0.2) is 4.79 Å². The molecule has 0 saturated carbocycles. The van der Waals surface area contributed by atoms with Gasteiger partial charge in [0.2, 0.25) is 0 Å². The third kappa shape index (κ3) is 5.37. The van der Waals surface area contributed by atoms with Crippen molar-refractivity contribution in [3.05, 3.63) is 62.3 Å². The number of benzene rings is 1. The zero-order chi connectivity index (χ0) is 17.5. The first-order chi connectivity index (χ1) is 11.5. The van der Waals surface area contributed by atoms with E-state index in [1.54, 1.807) is 29.5 Å². The van der Waals surface area contributed by atoms with Crippen molar-refractivity contribution in [3.8, 4) is 0 Å². The third-order valence-corrected chi connectivity index (χ3v) is 4.96. The van der Waals surface area contributed by atoms with Crippen molar-refractivity contribution in [2.24, 2.45) is 0 Å². The van der Waals surface area contributed by atoms with E-state index in [1.807, 2.05) is 24.4 Å². The molecule has 1 aromatic heterocycles. The molecule has 1 atom stereocenters. The van der Waals surface area contributed by atoms with Crippen LogP contribution in [0.1, 0.15) is 23.4 Å². The van der Waals surface area contributed by atoms with Crippen LogP contribution < -0.4 is 5.32 Å².